The Labute approximate surface area is 254 Å². The molecule has 0 aliphatic carbocycles. The smallest absolute Gasteiger partial charge is 0.410 e. The Hall–Kier alpha value is -4.61. The van der Waals surface area contributed by atoms with Gasteiger partial charge < -0.3 is 25.2 Å². The molecule has 12 heteroatoms. The van der Waals surface area contributed by atoms with Crippen molar-refractivity contribution in [1.29, 1.82) is 0 Å². The van der Waals surface area contributed by atoms with Crippen molar-refractivity contribution in [2.75, 3.05) is 41.7 Å². The van der Waals surface area contributed by atoms with Crippen LogP contribution in [0.15, 0.2) is 42.6 Å². The molecule has 1 aromatic heterocycles. The zero-order chi connectivity index (χ0) is 32.2. The summed E-state index contributed by atoms with van der Waals surface area (Å²) >= 11 is 0. The fraction of sp³-hybridized carbons (Fsp3) is 0.375. The second-order valence-corrected chi connectivity index (χ2v) is 11.6. The van der Waals surface area contributed by atoms with E-state index in [0.717, 1.165) is 11.1 Å². The third kappa shape index (κ3) is 7.86. The van der Waals surface area contributed by atoms with E-state index in [-0.39, 0.29) is 48.9 Å². The Bertz CT molecular complexity index is 1550. The lowest BCUT2D eigenvalue weighted by atomic mass is 10.0. The normalized spacial score (nSPS) is 13.5. The van der Waals surface area contributed by atoms with Crippen molar-refractivity contribution < 1.29 is 32.3 Å². The molecule has 3 aromatic rings. The monoisotopic (exact) mass is 611 g/mol. The first-order chi connectivity index (χ1) is 20.7. The van der Waals surface area contributed by atoms with E-state index in [2.05, 4.69) is 15.6 Å². The lowest BCUT2D eigenvalue weighted by Gasteiger charge is -2.37. The van der Waals surface area contributed by atoms with Gasteiger partial charge in [0, 0.05) is 50.4 Å². The van der Waals surface area contributed by atoms with Crippen LogP contribution in [0.4, 0.5) is 35.2 Å². The van der Waals surface area contributed by atoms with Crippen LogP contribution in [-0.4, -0.2) is 59.6 Å². The summed E-state index contributed by atoms with van der Waals surface area (Å²) in [6.07, 6.45) is 2.33. The fourth-order valence-electron chi connectivity index (χ4n) is 4.89. The summed E-state index contributed by atoms with van der Waals surface area (Å²) in [7, 11) is 0. The number of hydrogen-bond donors (Lipinski definition) is 2. The Kier molecular flexibility index (Phi) is 9.81. The Balaban J connectivity index is 1.46. The number of pyridine rings is 1. The second-order valence-electron chi connectivity index (χ2n) is 11.6. The number of aryl methyl sites for hydroxylation is 2. The van der Waals surface area contributed by atoms with Crippen molar-refractivity contribution in [2.24, 2.45) is 0 Å². The molecule has 3 amide bonds. The highest BCUT2D eigenvalue weighted by molar-refractivity contribution is 6.05. The molecule has 0 unspecified atom stereocenters. The maximum Gasteiger partial charge on any atom is 0.410 e. The van der Waals surface area contributed by atoms with E-state index in [1.54, 1.807) is 51.2 Å². The quantitative estimate of drug-likeness (QED) is 0.325. The summed E-state index contributed by atoms with van der Waals surface area (Å²) in [4.78, 5) is 44.0. The standard InChI is InChI=1S/C32H36F3N5O4/c1-19-28(26(34)25(33)27(35)29(19)39-13-15-40(16-14-39)31(43)44-32(3,4)5)38-30(42)23-8-6-7-21(17-23)9-10-22-11-12-24(36-18-22)37-20(2)41/h6-8,11-12,17-18H,9-10,13-16H2,1-5H3,(H,38,42)(H,36,37,41). The van der Waals surface area contributed by atoms with E-state index in [9.17, 15) is 18.8 Å². The Morgan fingerprint density at radius 3 is 2.20 bits per heavy atom. The fourth-order valence-corrected chi connectivity index (χ4v) is 4.89. The SMILES string of the molecule is CC(=O)Nc1ccc(CCc2cccc(C(=O)Nc3c(C)c(N4CCN(C(=O)OC(C)(C)C)CC4)c(F)c(F)c3F)c2)cn1. The Morgan fingerprint density at radius 2 is 1.59 bits per heavy atom. The van der Waals surface area contributed by atoms with Crippen molar-refractivity contribution in [1.82, 2.24) is 9.88 Å². The zero-order valence-corrected chi connectivity index (χ0v) is 25.4. The number of halogens is 3. The minimum absolute atomic E-state index is 0.0341. The molecule has 9 nitrogen and oxygen atoms in total. The molecule has 1 saturated heterocycles. The highest BCUT2D eigenvalue weighted by atomic mass is 19.2. The molecule has 0 saturated carbocycles. The minimum Gasteiger partial charge on any atom is -0.444 e. The lowest BCUT2D eigenvalue weighted by Crippen LogP contribution is -2.50. The molecule has 0 spiro atoms. The molecule has 2 N–H and O–H groups in total. The van der Waals surface area contributed by atoms with Gasteiger partial charge in [-0.15, -0.1) is 0 Å². The molecule has 2 aromatic carbocycles. The molecule has 1 aliphatic heterocycles. The molecule has 2 heterocycles. The molecule has 234 valence electrons. The maximum absolute atomic E-state index is 15.1. The van der Waals surface area contributed by atoms with Crippen molar-refractivity contribution >= 4 is 35.1 Å². The number of carbonyl (C=O) groups is 3. The van der Waals surface area contributed by atoms with Crippen molar-refractivity contribution in [3.63, 3.8) is 0 Å². The highest BCUT2D eigenvalue weighted by Gasteiger charge is 2.31. The van der Waals surface area contributed by atoms with E-state index in [0.29, 0.717) is 18.7 Å². The van der Waals surface area contributed by atoms with Gasteiger partial charge in [0.15, 0.2) is 17.5 Å². The van der Waals surface area contributed by atoms with Gasteiger partial charge in [0.25, 0.3) is 5.91 Å². The van der Waals surface area contributed by atoms with Gasteiger partial charge in [-0.3, -0.25) is 9.59 Å². The molecular formula is C32H36F3N5O4. The molecule has 0 radical (unpaired) electrons. The summed E-state index contributed by atoms with van der Waals surface area (Å²) in [5.41, 5.74) is 0.708. The Morgan fingerprint density at radius 1 is 0.909 bits per heavy atom. The van der Waals surface area contributed by atoms with Crippen molar-refractivity contribution in [2.45, 2.75) is 53.1 Å². The van der Waals surface area contributed by atoms with Crippen LogP contribution in [0.3, 0.4) is 0 Å². The highest BCUT2D eigenvalue weighted by Crippen LogP contribution is 2.36. The molecule has 44 heavy (non-hydrogen) atoms. The van der Waals surface area contributed by atoms with E-state index in [4.69, 9.17) is 4.74 Å². The van der Waals surface area contributed by atoms with Crippen LogP contribution in [0.5, 0.6) is 0 Å². The van der Waals surface area contributed by atoms with Crippen molar-refractivity contribution in [3.05, 3.63) is 82.3 Å². The van der Waals surface area contributed by atoms with Crippen LogP contribution < -0.4 is 15.5 Å². The number of amides is 3. The average Bonchev–Trinajstić information content (AvgIpc) is 2.97. The summed E-state index contributed by atoms with van der Waals surface area (Å²) < 4.78 is 50.3. The largest absolute Gasteiger partial charge is 0.444 e. The number of carbonyl (C=O) groups excluding carboxylic acids is 3. The average molecular weight is 612 g/mol. The predicted molar refractivity (Wildman–Crippen MR) is 161 cm³/mol. The number of piperazine rings is 1. The summed E-state index contributed by atoms with van der Waals surface area (Å²) in [5, 5.41) is 5.05. The summed E-state index contributed by atoms with van der Waals surface area (Å²) in [5.74, 6) is -4.98. The van der Waals surface area contributed by atoms with Crippen molar-refractivity contribution in [3.8, 4) is 0 Å². The van der Waals surface area contributed by atoms with Crippen LogP contribution in [0, 0.1) is 24.4 Å². The van der Waals surface area contributed by atoms with Crippen LogP contribution in [0.1, 0.15) is 54.7 Å². The van der Waals surface area contributed by atoms with Gasteiger partial charge in [0.05, 0.1) is 11.4 Å². The molecule has 0 bridgehead atoms. The van der Waals surface area contributed by atoms with Crippen LogP contribution in [-0.2, 0) is 22.4 Å². The number of rotatable bonds is 7. The van der Waals surface area contributed by atoms with Gasteiger partial charge in [0.1, 0.15) is 11.4 Å². The number of nitrogens with one attached hydrogen (secondary N) is 2. The van der Waals surface area contributed by atoms with E-state index >= 15 is 8.78 Å². The zero-order valence-electron chi connectivity index (χ0n) is 25.4. The number of hydrogen-bond acceptors (Lipinski definition) is 6. The first kappa shape index (κ1) is 32.3. The van der Waals surface area contributed by atoms with Gasteiger partial charge in [-0.1, -0.05) is 18.2 Å². The lowest BCUT2D eigenvalue weighted by molar-refractivity contribution is -0.114. The van der Waals surface area contributed by atoms with E-state index < -0.39 is 40.7 Å². The number of aromatic nitrogens is 1. The molecular weight excluding hydrogens is 575 g/mol. The second kappa shape index (κ2) is 13.4. The number of anilines is 3. The van der Waals surface area contributed by atoms with Gasteiger partial charge in [-0.05, 0) is 69.9 Å². The molecule has 1 fully saturated rings. The number of ether oxygens (including phenoxy) is 1. The summed E-state index contributed by atoms with van der Waals surface area (Å²) in [6, 6.07) is 10.3. The number of benzene rings is 2. The third-order valence-electron chi connectivity index (χ3n) is 7.05. The van der Waals surface area contributed by atoms with Gasteiger partial charge >= 0.3 is 6.09 Å². The third-order valence-corrected chi connectivity index (χ3v) is 7.05. The molecule has 1 aliphatic rings. The van der Waals surface area contributed by atoms with Crippen LogP contribution in [0.25, 0.3) is 0 Å². The molecule has 0 atom stereocenters. The van der Waals surface area contributed by atoms with Gasteiger partial charge in [-0.2, -0.15) is 0 Å². The minimum atomic E-state index is -1.69. The molecule has 4 rings (SSSR count). The van der Waals surface area contributed by atoms with Crippen LogP contribution >= 0.6 is 0 Å². The number of nitrogens with zero attached hydrogens (tertiary/aromatic N) is 3. The topological polar surface area (TPSA) is 104 Å². The first-order valence-electron chi connectivity index (χ1n) is 14.3. The maximum atomic E-state index is 15.1. The van der Waals surface area contributed by atoms with Crippen LogP contribution in [0.2, 0.25) is 0 Å². The van der Waals surface area contributed by atoms with E-state index in [1.165, 1.54) is 23.6 Å². The van der Waals surface area contributed by atoms with E-state index in [1.807, 2.05) is 12.1 Å². The first-order valence-corrected chi connectivity index (χ1v) is 14.3. The predicted octanol–water partition coefficient (Wildman–Crippen LogP) is 5.86. The van der Waals surface area contributed by atoms with Gasteiger partial charge in [-0.25, -0.2) is 22.9 Å². The van der Waals surface area contributed by atoms with Gasteiger partial charge in [0.2, 0.25) is 5.91 Å². The summed E-state index contributed by atoms with van der Waals surface area (Å²) in [6.45, 7) is 8.76.